The van der Waals surface area contributed by atoms with E-state index in [1.807, 2.05) is 13.0 Å². The zero-order valence-corrected chi connectivity index (χ0v) is 15.9. The van der Waals surface area contributed by atoms with E-state index in [1.165, 1.54) is 11.8 Å². The van der Waals surface area contributed by atoms with Crippen LogP contribution in [-0.4, -0.2) is 35.0 Å². The summed E-state index contributed by atoms with van der Waals surface area (Å²) in [5.41, 5.74) is 2.20. The van der Waals surface area contributed by atoms with Gasteiger partial charge in [0, 0.05) is 22.6 Å². The lowest BCUT2D eigenvalue weighted by Crippen LogP contribution is -2.43. The minimum atomic E-state index is -1.11. The highest BCUT2D eigenvalue weighted by atomic mass is 32.2. The summed E-state index contributed by atoms with van der Waals surface area (Å²) in [4.78, 5) is 35.9. The number of benzene rings is 1. The molecule has 0 spiro atoms. The van der Waals surface area contributed by atoms with Gasteiger partial charge < -0.3 is 19.3 Å². The summed E-state index contributed by atoms with van der Waals surface area (Å²) < 4.78 is 10.8. The maximum atomic E-state index is 12.4. The Morgan fingerprint density at radius 1 is 1.22 bits per heavy atom. The van der Waals surface area contributed by atoms with E-state index in [0.717, 1.165) is 10.9 Å². The highest BCUT2D eigenvalue weighted by Crippen LogP contribution is 2.28. The number of rotatable bonds is 6. The number of nitrogens with one attached hydrogen (secondary N) is 1. The molecule has 0 aliphatic rings. The van der Waals surface area contributed by atoms with Crippen LogP contribution in [0.4, 0.5) is 0 Å². The van der Waals surface area contributed by atoms with Gasteiger partial charge in [-0.3, -0.25) is 4.79 Å². The quantitative estimate of drug-likeness (QED) is 0.624. The zero-order chi connectivity index (χ0) is 19.7. The third kappa shape index (κ3) is 3.71. The molecule has 2 aromatic heterocycles. The van der Waals surface area contributed by atoms with Crippen molar-refractivity contribution in [1.29, 1.82) is 0 Å². The number of carboxylic acid groups (broad SMARTS) is 1. The van der Waals surface area contributed by atoms with E-state index in [4.69, 9.17) is 13.9 Å². The minimum absolute atomic E-state index is 0.216. The maximum absolute atomic E-state index is 12.4. The van der Waals surface area contributed by atoms with Gasteiger partial charge in [0.2, 0.25) is 5.91 Å². The zero-order valence-electron chi connectivity index (χ0n) is 15.1. The van der Waals surface area contributed by atoms with Crippen molar-refractivity contribution in [2.75, 3.05) is 12.0 Å². The molecule has 1 aromatic carbocycles. The molecule has 0 bridgehead atoms. The second kappa shape index (κ2) is 7.48. The number of carboxylic acids is 1. The molecule has 0 radical (unpaired) electrons. The predicted octanol–water partition coefficient (Wildman–Crippen LogP) is 2.63. The van der Waals surface area contributed by atoms with Gasteiger partial charge in [-0.25, -0.2) is 9.59 Å². The van der Waals surface area contributed by atoms with E-state index in [0.29, 0.717) is 22.1 Å². The molecule has 0 saturated heterocycles. The van der Waals surface area contributed by atoms with Crippen molar-refractivity contribution in [3.63, 3.8) is 0 Å². The van der Waals surface area contributed by atoms with Crippen molar-refractivity contribution in [2.24, 2.45) is 0 Å². The summed E-state index contributed by atoms with van der Waals surface area (Å²) in [6, 6.07) is 2.53. The molecule has 0 fully saturated rings. The van der Waals surface area contributed by atoms with Crippen molar-refractivity contribution >= 4 is 45.6 Å². The van der Waals surface area contributed by atoms with Gasteiger partial charge in [-0.05, 0) is 37.3 Å². The molecule has 2 heterocycles. The van der Waals surface area contributed by atoms with E-state index in [2.05, 4.69) is 5.32 Å². The molecule has 0 saturated carbocycles. The van der Waals surface area contributed by atoms with E-state index in [9.17, 15) is 14.4 Å². The number of thioether (sulfide) groups is 1. The number of aryl methyl sites for hydroxylation is 2. The Bertz CT molecular complexity index is 1100. The van der Waals surface area contributed by atoms with Gasteiger partial charge in [0.15, 0.2) is 0 Å². The molecule has 1 amide bonds. The number of hydrogen-bond donors (Lipinski definition) is 2. The summed E-state index contributed by atoms with van der Waals surface area (Å²) in [6.07, 6.45) is 3.14. The molecule has 3 aromatic rings. The molecule has 142 valence electrons. The van der Waals surface area contributed by atoms with E-state index >= 15 is 0 Å². The Kier molecular flexibility index (Phi) is 5.27. The average Bonchev–Trinajstić information content (AvgIpc) is 2.97. The molecule has 1 atom stereocenters. The first-order valence-electron chi connectivity index (χ1n) is 8.27. The monoisotopic (exact) mass is 389 g/mol. The molecular formula is C19H19NO6S. The Labute approximate surface area is 158 Å². The SMILES string of the molecule is CSCC(NC(=O)Cc1c(C)c2cc3c(C)coc3cc2oc1=O)C(=O)O. The second-order valence-corrected chi connectivity index (χ2v) is 7.26. The fourth-order valence-electron chi connectivity index (χ4n) is 2.99. The van der Waals surface area contributed by atoms with Crippen molar-refractivity contribution in [2.45, 2.75) is 26.3 Å². The van der Waals surface area contributed by atoms with Crippen LogP contribution in [0.2, 0.25) is 0 Å². The molecule has 8 heteroatoms. The van der Waals surface area contributed by atoms with Gasteiger partial charge in [-0.1, -0.05) is 0 Å². The van der Waals surface area contributed by atoms with Gasteiger partial charge in [-0.2, -0.15) is 11.8 Å². The van der Waals surface area contributed by atoms with Crippen LogP contribution in [-0.2, 0) is 16.0 Å². The van der Waals surface area contributed by atoms with E-state index in [1.54, 1.807) is 25.5 Å². The molecule has 2 N–H and O–H groups in total. The van der Waals surface area contributed by atoms with Gasteiger partial charge in [0.1, 0.15) is 17.2 Å². The van der Waals surface area contributed by atoms with Gasteiger partial charge in [0.05, 0.1) is 18.2 Å². The third-order valence-corrected chi connectivity index (χ3v) is 5.15. The average molecular weight is 389 g/mol. The minimum Gasteiger partial charge on any atom is -0.480 e. The molecule has 7 nitrogen and oxygen atoms in total. The van der Waals surface area contributed by atoms with Crippen LogP contribution in [0, 0.1) is 13.8 Å². The van der Waals surface area contributed by atoms with Gasteiger partial charge in [-0.15, -0.1) is 0 Å². The smallest absolute Gasteiger partial charge is 0.340 e. The Morgan fingerprint density at radius 3 is 2.63 bits per heavy atom. The molecule has 0 aliphatic carbocycles. The first-order chi connectivity index (χ1) is 12.8. The number of carbonyl (C=O) groups excluding carboxylic acids is 1. The van der Waals surface area contributed by atoms with Crippen LogP contribution in [0.1, 0.15) is 16.7 Å². The van der Waals surface area contributed by atoms with Gasteiger partial charge >= 0.3 is 11.6 Å². The number of aliphatic carboxylic acids is 1. The lowest BCUT2D eigenvalue weighted by Gasteiger charge is -2.14. The molecule has 0 aliphatic heterocycles. The fraction of sp³-hybridized carbons (Fsp3) is 0.316. The summed E-state index contributed by atoms with van der Waals surface area (Å²) in [5, 5.41) is 13.2. The molecule has 1 unspecified atom stereocenters. The standard InChI is InChI=1S/C19H19NO6S/c1-9-7-25-15-6-16-12(4-11(9)15)10(2)13(19(24)26-16)5-17(21)20-14(8-27-3)18(22)23/h4,6-7,14H,5,8H2,1-3H3,(H,20,21)(H,22,23). The van der Waals surface area contributed by atoms with Crippen molar-refractivity contribution in [3.05, 3.63) is 45.5 Å². The Balaban J connectivity index is 1.97. The van der Waals surface area contributed by atoms with Crippen LogP contribution < -0.4 is 10.9 Å². The molecule has 3 rings (SSSR count). The van der Waals surface area contributed by atoms with Crippen LogP contribution >= 0.6 is 11.8 Å². The number of furan rings is 1. The maximum Gasteiger partial charge on any atom is 0.340 e. The highest BCUT2D eigenvalue weighted by Gasteiger charge is 2.22. The summed E-state index contributed by atoms with van der Waals surface area (Å²) in [6.45, 7) is 3.66. The number of carbonyl (C=O) groups is 2. The third-order valence-electron chi connectivity index (χ3n) is 4.48. The van der Waals surface area contributed by atoms with E-state index < -0.39 is 23.5 Å². The first kappa shape index (κ1) is 19.0. The lowest BCUT2D eigenvalue weighted by atomic mass is 10.0. The summed E-state index contributed by atoms with van der Waals surface area (Å²) in [7, 11) is 0. The topological polar surface area (TPSA) is 110 Å². The lowest BCUT2D eigenvalue weighted by molar-refractivity contribution is -0.141. The van der Waals surface area contributed by atoms with Crippen LogP contribution in [0.15, 0.2) is 32.0 Å². The Morgan fingerprint density at radius 2 is 1.96 bits per heavy atom. The van der Waals surface area contributed by atoms with Crippen molar-refractivity contribution in [3.8, 4) is 0 Å². The van der Waals surface area contributed by atoms with E-state index in [-0.39, 0.29) is 17.7 Å². The predicted molar refractivity (Wildman–Crippen MR) is 103 cm³/mol. The van der Waals surface area contributed by atoms with Gasteiger partial charge in [0.25, 0.3) is 0 Å². The van der Waals surface area contributed by atoms with Crippen molar-refractivity contribution < 1.29 is 23.5 Å². The molecule has 27 heavy (non-hydrogen) atoms. The summed E-state index contributed by atoms with van der Waals surface area (Å²) in [5.74, 6) is -1.41. The number of amides is 1. The van der Waals surface area contributed by atoms with Crippen LogP contribution in [0.3, 0.4) is 0 Å². The normalized spacial score (nSPS) is 12.4. The first-order valence-corrected chi connectivity index (χ1v) is 9.66. The van der Waals surface area contributed by atoms with Crippen LogP contribution in [0.5, 0.6) is 0 Å². The van der Waals surface area contributed by atoms with Crippen molar-refractivity contribution in [1.82, 2.24) is 5.32 Å². The second-order valence-electron chi connectivity index (χ2n) is 6.35. The number of hydrogen-bond acceptors (Lipinski definition) is 6. The fourth-order valence-corrected chi connectivity index (χ4v) is 3.55. The number of fused-ring (bicyclic) bond motifs is 2. The summed E-state index contributed by atoms with van der Waals surface area (Å²) >= 11 is 1.31. The largest absolute Gasteiger partial charge is 0.480 e. The highest BCUT2D eigenvalue weighted by molar-refractivity contribution is 7.98. The molecular weight excluding hydrogens is 370 g/mol. The Hall–Kier alpha value is -2.74. The van der Waals surface area contributed by atoms with Crippen LogP contribution in [0.25, 0.3) is 21.9 Å².